The molecule has 1 aromatic heterocycles. The lowest BCUT2D eigenvalue weighted by Crippen LogP contribution is -2.36. The molecular weight excluding hydrogens is 378 g/mol. The Hall–Kier alpha value is -3.64. The van der Waals surface area contributed by atoms with Gasteiger partial charge in [0, 0.05) is 12.6 Å². The van der Waals surface area contributed by atoms with Gasteiger partial charge in [0.2, 0.25) is 0 Å². The highest BCUT2D eigenvalue weighted by atomic mass is 15.1. The Kier molecular flexibility index (Phi) is 6.00. The van der Waals surface area contributed by atoms with Crippen molar-refractivity contribution >= 4 is 0 Å². The minimum absolute atomic E-state index is 0.235. The molecule has 31 heavy (non-hydrogen) atoms. The third-order valence-electron chi connectivity index (χ3n) is 5.76. The first kappa shape index (κ1) is 20.6. The maximum atomic E-state index is 7.72. The zero-order chi connectivity index (χ0) is 21.7. The Morgan fingerprint density at radius 3 is 1.65 bits per heavy atom. The van der Waals surface area contributed by atoms with Crippen molar-refractivity contribution in [3.63, 3.8) is 0 Å². The van der Waals surface area contributed by atoms with Crippen LogP contribution in [0.2, 0.25) is 0 Å². The lowest BCUT2D eigenvalue weighted by molar-refractivity contribution is 0.511. The van der Waals surface area contributed by atoms with E-state index >= 15 is 0 Å². The van der Waals surface area contributed by atoms with Gasteiger partial charge in [-0.2, -0.15) is 0 Å². The van der Waals surface area contributed by atoms with Crippen molar-refractivity contribution in [2.75, 3.05) is 0 Å². The van der Waals surface area contributed by atoms with Gasteiger partial charge in [0.25, 0.3) is 6.04 Å². The highest BCUT2D eigenvalue weighted by Crippen LogP contribution is 2.41. The first-order valence-electron chi connectivity index (χ1n) is 10.7. The molecule has 3 nitrogen and oxygen atoms in total. The Balaban J connectivity index is 1.99. The summed E-state index contributed by atoms with van der Waals surface area (Å²) in [5, 5.41) is 0. The van der Waals surface area contributed by atoms with E-state index in [4.69, 9.17) is 11.6 Å². The number of imidazole rings is 1. The van der Waals surface area contributed by atoms with Crippen LogP contribution in [-0.4, -0.2) is 9.55 Å². The molecule has 1 atom stereocenters. The van der Waals surface area contributed by atoms with Crippen molar-refractivity contribution in [3.05, 3.63) is 137 Å². The van der Waals surface area contributed by atoms with Crippen molar-refractivity contribution in [3.8, 4) is 0 Å². The fourth-order valence-corrected chi connectivity index (χ4v) is 4.36. The highest BCUT2D eigenvalue weighted by Gasteiger charge is 2.39. The van der Waals surface area contributed by atoms with Gasteiger partial charge in [-0.3, -0.25) is 0 Å². The first-order valence-corrected chi connectivity index (χ1v) is 10.7. The van der Waals surface area contributed by atoms with Gasteiger partial charge in [0.05, 0.1) is 6.33 Å². The van der Waals surface area contributed by atoms with Crippen molar-refractivity contribution in [1.82, 2.24) is 9.55 Å². The lowest BCUT2D eigenvalue weighted by Gasteiger charge is -2.37. The topological polar surface area (TPSA) is 22.2 Å². The Morgan fingerprint density at radius 1 is 0.806 bits per heavy atom. The summed E-state index contributed by atoms with van der Waals surface area (Å²) in [5.74, 6) is 0.436. The van der Waals surface area contributed by atoms with Crippen LogP contribution in [0.5, 0.6) is 0 Å². The van der Waals surface area contributed by atoms with Crippen LogP contribution in [-0.2, 0) is 5.54 Å². The zero-order valence-corrected chi connectivity index (χ0v) is 18.0. The molecule has 0 radical (unpaired) electrons. The number of hydrogen-bond acceptors (Lipinski definition) is 1. The standard InChI is InChI=1S/C28H27N3/c1-22(2)19-26(29-3)27-20-31(21-30-27)28(23-13-7-4-8-14-23,24-15-9-5-10-16-24)25-17-11-6-12-18-25/h4-18,20-22,26H,19H2,1-2H3. The van der Waals surface area contributed by atoms with E-state index in [9.17, 15) is 0 Å². The molecular formula is C28H27N3. The molecule has 4 rings (SSSR count). The predicted octanol–water partition coefficient (Wildman–Crippen LogP) is 6.73. The van der Waals surface area contributed by atoms with Crippen LogP contribution in [0.3, 0.4) is 0 Å². The normalized spacial score (nSPS) is 12.5. The smallest absolute Gasteiger partial charge is 0.266 e. The van der Waals surface area contributed by atoms with E-state index < -0.39 is 5.54 Å². The Labute approximate surface area is 184 Å². The summed E-state index contributed by atoms with van der Waals surface area (Å²) in [6.07, 6.45) is 4.76. The van der Waals surface area contributed by atoms with Crippen LogP contribution in [0, 0.1) is 12.5 Å². The quantitative estimate of drug-likeness (QED) is 0.247. The summed E-state index contributed by atoms with van der Waals surface area (Å²) in [5.41, 5.74) is 3.70. The molecule has 1 unspecified atom stereocenters. The van der Waals surface area contributed by atoms with Crippen molar-refractivity contribution in [2.24, 2.45) is 5.92 Å². The van der Waals surface area contributed by atoms with E-state index in [1.807, 2.05) is 24.5 Å². The largest absolute Gasteiger partial charge is 0.318 e. The van der Waals surface area contributed by atoms with E-state index in [-0.39, 0.29) is 6.04 Å². The molecule has 0 spiro atoms. The fraction of sp³-hybridized carbons (Fsp3) is 0.214. The van der Waals surface area contributed by atoms with Crippen LogP contribution in [0.4, 0.5) is 0 Å². The van der Waals surface area contributed by atoms with Gasteiger partial charge in [0.15, 0.2) is 0 Å². The first-order chi connectivity index (χ1) is 15.2. The van der Waals surface area contributed by atoms with E-state index in [1.54, 1.807) is 0 Å². The van der Waals surface area contributed by atoms with E-state index in [1.165, 1.54) is 0 Å². The Morgan fingerprint density at radius 2 is 1.26 bits per heavy atom. The van der Waals surface area contributed by atoms with Gasteiger partial charge < -0.3 is 9.41 Å². The molecule has 0 aliphatic rings. The maximum absolute atomic E-state index is 7.72. The predicted molar refractivity (Wildman–Crippen MR) is 126 cm³/mol. The average molecular weight is 406 g/mol. The van der Waals surface area contributed by atoms with Crippen LogP contribution in [0.1, 0.15) is 48.7 Å². The second-order valence-corrected chi connectivity index (χ2v) is 8.29. The van der Waals surface area contributed by atoms with Crippen LogP contribution in [0.15, 0.2) is 104 Å². The maximum Gasteiger partial charge on any atom is 0.266 e. The zero-order valence-electron chi connectivity index (χ0n) is 18.0. The third-order valence-corrected chi connectivity index (χ3v) is 5.76. The van der Waals surface area contributed by atoms with Gasteiger partial charge in [-0.25, -0.2) is 11.6 Å². The van der Waals surface area contributed by atoms with E-state index in [0.717, 1.165) is 28.8 Å². The summed E-state index contributed by atoms with van der Waals surface area (Å²) in [6, 6.07) is 31.4. The molecule has 0 N–H and O–H groups in total. The average Bonchev–Trinajstić information content (AvgIpc) is 3.30. The molecule has 0 amide bonds. The molecule has 154 valence electrons. The molecule has 3 aromatic carbocycles. The van der Waals surface area contributed by atoms with Crippen LogP contribution >= 0.6 is 0 Å². The molecule has 1 heterocycles. The van der Waals surface area contributed by atoms with E-state index in [0.29, 0.717) is 5.92 Å². The fourth-order valence-electron chi connectivity index (χ4n) is 4.36. The molecule has 0 aliphatic heterocycles. The number of benzene rings is 3. The second-order valence-electron chi connectivity index (χ2n) is 8.29. The summed E-state index contributed by atoms with van der Waals surface area (Å²) in [4.78, 5) is 8.62. The number of hydrogen-bond donors (Lipinski definition) is 0. The summed E-state index contributed by atoms with van der Waals surface area (Å²) >= 11 is 0. The van der Waals surface area contributed by atoms with Crippen LogP contribution < -0.4 is 0 Å². The second kappa shape index (κ2) is 9.02. The monoisotopic (exact) mass is 405 g/mol. The summed E-state index contributed by atoms with van der Waals surface area (Å²) in [7, 11) is 0. The SMILES string of the molecule is [C-]#[N+]C(CC(C)C)c1cn(C(c2ccccc2)(c2ccccc2)c2ccccc2)cn1. The van der Waals surface area contributed by atoms with Gasteiger partial charge in [-0.1, -0.05) is 105 Å². The lowest BCUT2D eigenvalue weighted by atomic mass is 9.77. The highest BCUT2D eigenvalue weighted by molar-refractivity contribution is 5.50. The van der Waals surface area contributed by atoms with Crippen LogP contribution in [0.25, 0.3) is 4.85 Å². The summed E-state index contributed by atoms with van der Waals surface area (Å²) in [6.45, 7) is 12.0. The molecule has 0 bridgehead atoms. The molecule has 0 fully saturated rings. The van der Waals surface area contributed by atoms with Gasteiger partial charge >= 0.3 is 0 Å². The molecule has 3 heteroatoms. The Bertz CT molecular complexity index is 1040. The number of aromatic nitrogens is 2. The summed E-state index contributed by atoms with van der Waals surface area (Å²) < 4.78 is 2.18. The minimum atomic E-state index is -0.584. The number of rotatable bonds is 7. The number of nitrogens with zero attached hydrogens (tertiary/aromatic N) is 3. The van der Waals surface area contributed by atoms with E-state index in [2.05, 4.69) is 102 Å². The van der Waals surface area contributed by atoms with Gasteiger partial charge in [-0.15, -0.1) is 0 Å². The van der Waals surface area contributed by atoms with Gasteiger partial charge in [0.1, 0.15) is 11.2 Å². The van der Waals surface area contributed by atoms with Gasteiger partial charge in [-0.05, 0) is 22.6 Å². The molecule has 4 aromatic rings. The molecule has 0 aliphatic carbocycles. The third kappa shape index (κ3) is 3.90. The molecule has 0 saturated heterocycles. The van der Waals surface area contributed by atoms with Crippen molar-refractivity contribution in [2.45, 2.75) is 31.8 Å². The van der Waals surface area contributed by atoms with Crippen molar-refractivity contribution in [1.29, 1.82) is 0 Å². The minimum Gasteiger partial charge on any atom is -0.318 e. The van der Waals surface area contributed by atoms with Crippen molar-refractivity contribution < 1.29 is 0 Å². The molecule has 0 saturated carbocycles.